The van der Waals surface area contributed by atoms with E-state index in [0.717, 1.165) is 12.5 Å². The van der Waals surface area contributed by atoms with Crippen LogP contribution in [0, 0.1) is 0 Å². The van der Waals surface area contributed by atoms with Gasteiger partial charge in [0, 0.05) is 24.4 Å². The molecule has 1 saturated carbocycles. The van der Waals surface area contributed by atoms with Crippen LogP contribution in [0.25, 0.3) is 10.9 Å². The molecule has 2 heteroatoms. The summed E-state index contributed by atoms with van der Waals surface area (Å²) in [6, 6.07) is 9.43. The Bertz CT molecular complexity index is 496. The molecule has 0 spiro atoms. The Hall–Kier alpha value is -1.28. The van der Waals surface area contributed by atoms with Crippen LogP contribution in [0.5, 0.6) is 0 Å². The molecule has 0 amide bonds. The number of hydrogen-bond donors (Lipinski definition) is 1. The average Bonchev–Trinajstić information content (AvgIpc) is 2.60. The van der Waals surface area contributed by atoms with Gasteiger partial charge in [-0.25, -0.2) is 0 Å². The Morgan fingerprint density at radius 1 is 1.25 bits per heavy atom. The minimum atomic E-state index is 0.231. The Balaban J connectivity index is 2.00. The second-order valence-electron chi connectivity index (χ2n) is 4.67. The molecule has 1 aromatic heterocycles. The summed E-state index contributed by atoms with van der Waals surface area (Å²) < 4.78 is 2.40. The lowest BCUT2D eigenvalue weighted by molar-refractivity contribution is 0.299. The maximum atomic E-state index is 8.93. The monoisotopic (exact) mass is 215 g/mol. The van der Waals surface area contributed by atoms with Gasteiger partial charge in [0.25, 0.3) is 0 Å². The first-order valence-electron chi connectivity index (χ1n) is 6.09. The van der Waals surface area contributed by atoms with Gasteiger partial charge < -0.3 is 9.67 Å². The highest BCUT2D eigenvalue weighted by Crippen LogP contribution is 2.34. The molecule has 1 aliphatic rings. The van der Waals surface area contributed by atoms with E-state index in [2.05, 4.69) is 35.0 Å². The zero-order valence-electron chi connectivity index (χ0n) is 9.39. The van der Waals surface area contributed by atoms with Gasteiger partial charge in [-0.15, -0.1) is 0 Å². The second-order valence-corrected chi connectivity index (χ2v) is 4.67. The lowest BCUT2D eigenvalue weighted by Gasteiger charge is -2.28. The molecule has 84 valence electrons. The number of aliphatic hydroxyl groups excluding tert-OH is 1. The van der Waals surface area contributed by atoms with E-state index >= 15 is 0 Å². The van der Waals surface area contributed by atoms with Crippen molar-refractivity contribution in [1.29, 1.82) is 0 Å². The molecule has 2 aromatic rings. The highest BCUT2D eigenvalue weighted by Gasteiger charge is 2.20. The minimum absolute atomic E-state index is 0.231. The summed E-state index contributed by atoms with van der Waals surface area (Å²) in [5.74, 6) is 0. The van der Waals surface area contributed by atoms with Crippen molar-refractivity contribution in [3.63, 3.8) is 0 Å². The lowest BCUT2D eigenvalue weighted by Crippen LogP contribution is -2.15. The zero-order valence-corrected chi connectivity index (χ0v) is 9.39. The summed E-state index contributed by atoms with van der Waals surface area (Å²) in [7, 11) is 0. The van der Waals surface area contributed by atoms with Crippen LogP contribution in [-0.4, -0.2) is 16.3 Å². The predicted octanol–water partition coefficient (Wildman–Crippen LogP) is 2.90. The fraction of sp³-hybridized carbons (Fsp3) is 0.429. The summed E-state index contributed by atoms with van der Waals surface area (Å²) in [4.78, 5) is 0. The molecule has 0 saturated heterocycles. The number of benzene rings is 1. The molecule has 0 bridgehead atoms. The van der Waals surface area contributed by atoms with Gasteiger partial charge in [-0.3, -0.25) is 0 Å². The first-order valence-corrected chi connectivity index (χ1v) is 6.09. The standard InChI is InChI=1S/C14H17NO/c16-9-7-11-4-5-14-12(10-11)6-8-15(14)13-2-1-3-13/h4-6,8,10,13,16H,1-3,7,9H2. The van der Waals surface area contributed by atoms with Crippen molar-refractivity contribution in [2.75, 3.05) is 6.61 Å². The third-order valence-electron chi connectivity index (χ3n) is 3.65. The number of nitrogens with zero attached hydrogens (tertiary/aromatic N) is 1. The third kappa shape index (κ3) is 1.54. The number of rotatable bonds is 3. The summed E-state index contributed by atoms with van der Waals surface area (Å²) in [5.41, 5.74) is 2.56. The molecule has 0 radical (unpaired) electrons. The van der Waals surface area contributed by atoms with E-state index in [9.17, 15) is 0 Å². The summed E-state index contributed by atoms with van der Waals surface area (Å²) in [6.07, 6.45) is 6.97. The van der Waals surface area contributed by atoms with Crippen LogP contribution in [0.2, 0.25) is 0 Å². The van der Waals surface area contributed by atoms with Crippen LogP contribution in [0.1, 0.15) is 30.9 Å². The van der Waals surface area contributed by atoms with E-state index < -0.39 is 0 Å². The molecule has 1 heterocycles. The van der Waals surface area contributed by atoms with E-state index in [0.29, 0.717) is 0 Å². The first-order chi connectivity index (χ1) is 7.88. The van der Waals surface area contributed by atoms with Crippen LogP contribution < -0.4 is 0 Å². The SMILES string of the molecule is OCCc1ccc2c(ccn2C2CCC2)c1. The molecule has 1 aliphatic carbocycles. The predicted molar refractivity (Wildman–Crippen MR) is 65.6 cm³/mol. The van der Waals surface area contributed by atoms with Crippen molar-refractivity contribution < 1.29 is 5.11 Å². The topological polar surface area (TPSA) is 25.2 Å². The van der Waals surface area contributed by atoms with Crippen molar-refractivity contribution >= 4 is 10.9 Å². The van der Waals surface area contributed by atoms with E-state index in [1.165, 1.54) is 35.7 Å². The molecule has 3 rings (SSSR count). The van der Waals surface area contributed by atoms with Crippen LogP contribution in [0.3, 0.4) is 0 Å². The van der Waals surface area contributed by atoms with Crippen molar-refractivity contribution in [3.05, 3.63) is 36.0 Å². The highest BCUT2D eigenvalue weighted by molar-refractivity contribution is 5.81. The molecule has 2 nitrogen and oxygen atoms in total. The quantitative estimate of drug-likeness (QED) is 0.836. The molecule has 16 heavy (non-hydrogen) atoms. The van der Waals surface area contributed by atoms with Gasteiger partial charge in [0.05, 0.1) is 0 Å². The second kappa shape index (κ2) is 3.95. The Labute approximate surface area is 95.5 Å². The number of aliphatic hydroxyl groups is 1. The molecule has 1 N–H and O–H groups in total. The maximum Gasteiger partial charge on any atom is 0.0483 e. The molecule has 1 fully saturated rings. The molecule has 0 aliphatic heterocycles. The number of aromatic nitrogens is 1. The number of hydrogen-bond acceptors (Lipinski definition) is 1. The van der Waals surface area contributed by atoms with Gasteiger partial charge in [-0.2, -0.15) is 0 Å². The van der Waals surface area contributed by atoms with Crippen molar-refractivity contribution in [2.24, 2.45) is 0 Å². The van der Waals surface area contributed by atoms with Crippen molar-refractivity contribution in [1.82, 2.24) is 4.57 Å². The van der Waals surface area contributed by atoms with Gasteiger partial charge in [-0.05, 0) is 54.8 Å². The lowest BCUT2D eigenvalue weighted by atomic mass is 9.93. The number of fused-ring (bicyclic) bond motifs is 1. The van der Waals surface area contributed by atoms with Gasteiger partial charge >= 0.3 is 0 Å². The summed E-state index contributed by atoms with van der Waals surface area (Å²) in [5, 5.41) is 10.2. The Kier molecular flexibility index (Phi) is 2.44. The third-order valence-corrected chi connectivity index (χ3v) is 3.65. The van der Waals surface area contributed by atoms with Crippen molar-refractivity contribution in [2.45, 2.75) is 31.7 Å². The zero-order chi connectivity index (χ0) is 11.0. The van der Waals surface area contributed by atoms with E-state index in [1.54, 1.807) is 0 Å². The molecular weight excluding hydrogens is 198 g/mol. The van der Waals surface area contributed by atoms with E-state index in [1.807, 2.05) is 0 Å². The van der Waals surface area contributed by atoms with Crippen LogP contribution in [-0.2, 0) is 6.42 Å². The molecule has 1 aromatic carbocycles. The maximum absolute atomic E-state index is 8.93. The molecule has 0 atom stereocenters. The highest BCUT2D eigenvalue weighted by atomic mass is 16.2. The van der Waals surface area contributed by atoms with Gasteiger partial charge in [-0.1, -0.05) is 6.07 Å². The minimum Gasteiger partial charge on any atom is -0.396 e. The fourth-order valence-corrected chi connectivity index (χ4v) is 2.48. The fourth-order valence-electron chi connectivity index (χ4n) is 2.48. The normalized spacial score (nSPS) is 16.6. The van der Waals surface area contributed by atoms with E-state index in [-0.39, 0.29) is 6.61 Å². The summed E-state index contributed by atoms with van der Waals surface area (Å²) in [6.45, 7) is 0.231. The Morgan fingerprint density at radius 2 is 2.12 bits per heavy atom. The van der Waals surface area contributed by atoms with E-state index in [4.69, 9.17) is 5.11 Å². The summed E-state index contributed by atoms with van der Waals surface area (Å²) >= 11 is 0. The first kappa shape index (κ1) is 9.91. The van der Waals surface area contributed by atoms with Crippen LogP contribution in [0.4, 0.5) is 0 Å². The van der Waals surface area contributed by atoms with Crippen LogP contribution in [0.15, 0.2) is 30.5 Å². The molecule has 0 unspecified atom stereocenters. The average molecular weight is 215 g/mol. The smallest absolute Gasteiger partial charge is 0.0483 e. The van der Waals surface area contributed by atoms with Crippen LogP contribution >= 0.6 is 0 Å². The van der Waals surface area contributed by atoms with Gasteiger partial charge in [0.1, 0.15) is 0 Å². The largest absolute Gasteiger partial charge is 0.396 e. The Morgan fingerprint density at radius 3 is 2.81 bits per heavy atom. The van der Waals surface area contributed by atoms with Gasteiger partial charge in [0.2, 0.25) is 0 Å². The molecular formula is C14H17NO. The van der Waals surface area contributed by atoms with Crippen molar-refractivity contribution in [3.8, 4) is 0 Å². The van der Waals surface area contributed by atoms with Gasteiger partial charge in [0.15, 0.2) is 0 Å².